The highest BCUT2D eigenvalue weighted by Crippen LogP contribution is 2.56. The van der Waals surface area contributed by atoms with Crippen molar-refractivity contribution in [3.05, 3.63) is 130 Å². The maximum absolute atomic E-state index is 13.5. The number of fused-ring (bicyclic) bond motifs is 8. The van der Waals surface area contributed by atoms with Gasteiger partial charge in [0.25, 0.3) is 0 Å². The molecule has 4 aromatic carbocycles. The van der Waals surface area contributed by atoms with Crippen molar-refractivity contribution >= 4 is 9.84 Å². The molecule has 6 rings (SSSR count). The summed E-state index contributed by atoms with van der Waals surface area (Å²) in [4.78, 5) is 0.815. The Balaban J connectivity index is 1.91. The van der Waals surface area contributed by atoms with Crippen molar-refractivity contribution in [3.8, 4) is 0 Å². The van der Waals surface area contributed by atoms with Crippen molar-refractivity contribution in [2.24, 2.45) is 0 Å². The number of hydrogen-bond acceptors (Lipinski definition) is 2. The van der Waals surface area contributed by atoms with Crippen LogP contribution in [0.25, 0.3) is 0 Å². The van der Waals surface area contributed by atoms with Crippen LogP contribution in [0.5, 0.6) is 0 Å². The van der Waals surface area contributed by atoms with Crippen LogP contribution in [0.2, 0.25) is 0 Å². The van der Waals surface area contributed by atoms with Crippen LogP contribution in [0.15, 0.2) is 107 Å². The molecule has 29 heavy (non-hydrogen) atoms. The smallest absolute Gasteiger partial charge is 0.207 e. The van der Waals surface area contributed by atoms with E-state index in [4.69, 9.17) is 0 Å². The molecule has 0 aromatic heterocycles. The molecular weight excluding hydrogens is 376 g/mol. The lowest BCUT2D eigenvalue weighted by molar-refractivity contribution is 0.575. The molecule has 4 aromatic rings. The third-order valence-corrected chi connectivity index (χ3v) is 8.25. The Labute approximate surface area is 170 Å². The van der Waals surface area contributed by atoms with E-state index < -0.39 is 15.3 Å². The fourth-order valence-electron chi connectivity index (χ4n) is 5.30. The Morgan fingerprint density at radius 3 is 1.38 bits per heavy atom. The minimum absolute atomic E-state index is 0.408. The van der Waals surface area contributed by atoms with E-state index in [1.807, 2.05) is 36.4 Å². The zero-order chi connectivity index (χ0) is 19.6. The van der Waals surface area contributed by atoms with Crippen LogP contribution in [-0.4, -0.2) is 8.42 Å². The Morgan fingerprint density at radius 2 is 0.897 bits per heavy atom. The Kier molecular flexibility index (Phi) is 3.28. The molecule has 1 heterocycles. The molecule has 3 heteroatoms. The molecule has 0 radical (unpaired) electrons. The number of sulfone groups is 1. The predicted octanol–water partition coefficient (Wildman–Crippen LogP) is 5.12. The van der Waals surface area contributed by atoms with Crippen molar-refractivity contribution in [2.75, 3.05) is 0 Å². The van der Waals surface area contributed by atoms with Crippen LogP contribution in [0.1, 0.15) is 33.4 Å². The van der Waals surface area contributed by atoms with Crippen LogP contribution >= 0.6 is 0 Å². The minimum atomic E-state index is -3.58. The summed E-state index contributed by atoms with van der Waals surface area (Å²) in [5.74, 6) is 0. The van der Waals surface area contributed by atoms with E-state index in [1.165, 1.54) is 22.3 Å². The topological polar surface area (TPSA) is 34.1 Å². The molecule has 1 spiro atoms. The number of benzene rings is 4. The molecule has 0 saturated heterocycles. The second-order valence-corrected chi connectivity index (χ2v) is 9.62. The first kappa shape index (κ1) is 16.8. The van der Waals surface area contributed by atoms with Gasteiger partial charge in [0.1, 0.15) is 0 Å². The van der Waals surface area contributed by atoms with Crippen LogP contribution in [0.3, 0.4) is 0 Å². The fourth-order valence-corrected chi connectivity index (χ4v) is 7.07. The van der Waals surface area contributed by atoms with E-state index in [1.54, 1.807) is 12.1 Å². The van der Waals surface area contributed by atoms with Gasteiger partial charge in [-0.3, -0.25) is 0 Å². The highest BCUT2D eigenvalue weighted by atomic mass is 32.2. The molecule has 0 unspecified atom stereocenters. The third kappa shape index (κ3) is 1.98. The summed E-state index contributed by atoms with van der Waals surface area (Å²) < 4.78 is 27.1. The zero-order valence-electron chi connectivity index (χ0n) is 15.7. The quantitative estimate of drug-likeness (QED) is 0.358. The largest absolute Gasteiger partial charge is 0.218 e. The summed E-state index contributed by atoms with van der Waals surface area (Å²) in [5, 5.41) is 0. The molecule has 1 aliphatic carbocycles. The van der Waals surface area contributed by atoms with E-state index in [0.29, 0.717) is 9.79 Å². The summed E-state index contributed by atoms with van der Waals surface area (Å²) in [6.45, 7) is 0. The van der Waals surface area contributed by atoms with Crippen LogP contribution < -0.4 is 0 Å². The van der Waals surface area contributed by atoms with Gasteiger partial charge >= 0.3 is 0 Å². The Hall–Kier alpha value is -3.17. The molecule has 0 saturated carbocycles. The number of hydrogen-bond donors (Lipinski definition) is 0. The van der Waals surface area contributed by atoms with Gasteiger partial charge in [-0.25, -0.2) is 8.42 Å². The third-order valence-electron chi connectivity index (χ3n) is 6.38. The monoisotopic (exact) mass is 394 g/mol. The zero-order valence-corrected chi connectivity index (χ0v) is 16.5. The molecule has 140 valence electrons. The van der Waals surface area contributed by atoms with Crippen molar-refractivity contribution in [1.29, 1.82) is 0 Å². The SMILES string of the molecule is O=S1(=O)c2ccccc2C2(c3ccccc3Cc3ccccc32)c2ccccc21. The summed E-state index contributed by atoms with van der Waals surface area (Å²) in [5.41, 5.74) is 5.90. The molecule has 2 nitrogen and oxygen atoms in total. The first-order valence-electron chi connectivity index (χ1n) is 9.76. The number of rotatable bonds is 0. The van der Waals surface area contributed by atoms with Crippen LogP contribution in [-0.2, 0) is 21.7 Å². The van der Waals surface area contributed by atoms with Gasteiger partial charge in [-0.1, -0.05) is 84.9 Å². The highest BCUT2D eigenvalue weighted by Gasteiger charge is 2.51. The first-order valence-corrected chi connectivity index (χ1v) is 11.2. The second-order valence-electron chi connectivity index (χ2n) is 7.74. The van der Waals surface area contributed by atoms with Gasteiger partial charge in [-0.15, -0.1) is 0 Å². The maximum Gasteiger partial charge on any atom is 0.207 e. The molecule has 1 aliphatic heterocycles. The van der Waals surface area contributed by atoms with Gasteiger partial charge in [0, 0.05) is 0 Å². The minimum Gasteiger partial charge on any atom is -0.218 e. The van der Waals surface area contributed by atoms with E-state index in [2.05, 4.69) is 48.5 Å². The molecular formula is C26H18O2S. The summed E-state index contributed by atoms with van der Waals surface area (Å²) in [6.07, 6.45) is 0.852. The van der Waals surface area contributed by atoms with E-state index in [-0.39, 0.29) is 0 Å². The summed E-state index contributed by atoms with van der Waals surface area (Å²) in [7, 11) is -3.58. The van der Waals surface area contributed by atoms with Crippen molar-refractivity contribution < 1.29 is 8.42 Å². The van der Waals surface area contributed by atoms with Crippen molar-refractivity contribution in [3.63, 3.8) is 0 Å². The summed E-state index contributed by atoms with van der Waals surface area (Å²) >= 11 is 0. The molecule has 0 amide bonds. The van der Waals surface area contributed by atoms with Gasteiger partial charge in [0.2, 0.25) is 9.84 Å². The lowest BCUT2D eigenvalue weighted by Gasteiger charge is -2.45. The lowest BCUT2D eigenvalue weighted by atomic mass is 9.59. The lowest BCUT2D eigenvalue weighted by Crippen LogP contribution is -2.40. The van der Waals surface area contributed by atoms with Crippen LogP contribution in [0, 0.1) is 0 Å². The molecule has 0 atom stereocenters. The maximum atomic E-state index is 13.5. The van der Waals surface area contributed by atoms with Crippen LogP contribution in [0.4, 0.5) is 0 Å². The van der Waals surface area contributed by atoms with Gasteiger partial charge in [0.05, 0.1) is 15.2 Å². The van der Waals surface area contributed by atoms with Crippen molar-refractivity contribution in [1.82, 2.24) is 0 Å². The van der Waals surface area contributed by atoms with Gasteiger partial charge in [0.15, 0.2) is 0 Å². The molecule has 0 N–H and O–H groups in total. The van der Waals surface area contributed by atoms with E-state index >= 15 is 0 Å². The molecule has 0 bridgehead atoms. The van der Waals surface area contributed by atoms with Gasteiger partial charge in [-0.2, -0.15) is 0 Å². The summed E-state index contributed by atoms with van der Waals surface area (Å²) in [6, 6.07) is 31.9. The highest BCUT2D eigenvalue weighted by molar-refractivity contribution is 7.91. The molecule has 0 fully saturated rings. The average molecular weight is 394 g/mol. The van der Waals surface area contributed by atoms with Crippen molar-refractivity contribution in [2.45, 2.75) is 21.6 Å². The molecule has 2 aliphatic rings. The van der Waals surface area contributed by atoms with E-state index in [9.17, 15) is 8.42 Å². The Bertz CT molecular complexity index is 1300. The normalized spacial score (nSPS) is 17.0. The average Bonchev–Trinajstić information content (AvgIpc) is 2.77. The van der Waals surface area contributed by atoms with Gasteiger partial charge in [-0.05, 0) is 51.9 Å². The standard InChI is InChI=1S/C26H18O2S/c27-29(28)24-15-7-5-13-22(24)26(23-14-6-8-16-25(23)29)20-11-3-1-9-18(20)17-19-10-2-4-12-21(19)26/h1-16H,17H2. The predicted molar refractivity (Wildman–Crippen MR) is 113 cm³/mol. The first-order chi connectivity index (χ1) is 14.1. The fraction of sp³-hybridized carbons (Fsp3) is 0.0769. The second kappa shape index (κ2) is 5.68. The Morgan fingerprint density at radius 1 is 0.517 bits per heavy atom. The van der Waals surface area contributed by atoms with Gasteiger partial charge < -0.3 is 0 Å². The van der Waals surface area contributed by atoms with E-state index in [0.717, 1.165) is 17.5 Å².